The summed E-state index contributed by atoms with van der Waals surface area (Å²) in [6.45, 7) is 1.90. The van der Waals surface area contributed by atoms with Crippen molar-refractivity contribution in [1.29, 1.82) is 0 Å². The summed E-state index contributed by atoms with van der Waals surface area (Å²) in [6, 6.07) is 14.1. The number of carbonyl (C=O) groups is 2. The predicted molar refractivity (Wildman–Crippen MR) is 157 cm³/mol. The topological polar surface area (TPSA) is 109 Å². The van der Waals surface area contributed by atoms with Crippen LogP contribution in [0, 0.1) is 5.82 Å². The fraction of sp³-hybridized carbons (Fsp3) is 0.267. The number of nitrogens with one attached hydrogen (secondary N) is 1. The third-order valence-corrected chi connectivity index (χ3v) is 8.90. The SMILES string of the molecule is CNC(=O)c1c(-c2ccc(F)cc2)oc2cc(CN(C(C)c3ccc(Br)c(C(=O)OC)c3)S(=O)O)c(C3CC3)cc12. The maximum absolute atomic E-state index is 13.6. The second kappa shape index (κ2) is 11.8. The summed E-state index contributed by atoms with van der Waals surface area (Å²) in [6.07, 6.45) is 1.92. The van der Waals surface area contributed by atoms with Crippen LogP contribution in [0.4, 0.5) is 4.39 Å². The van der Waals surface area contributed by atoms with Crippen LogP contribution in [0.3, 0.4) is 0 Å². The molecule has 2 N–H and O–H groups in total. The third kappa shape index (κ3) is 5.85. The average Bonchev–Trinajstić information content (AvgIpc) is 3.75. The van der Waals surface area contributed by atoms with Crippen LogP contribution in [0.25, 0.3) is 22.3 Å². The van der Waals surface area contributed by atoms with Crippen molar-refractivity contribution in [3.63, 3.8) is 0 Å². The summed E-state index contributed by atoms with van der Waals surface area (Å²) in [5.74, 6) is -0.689. The lowest BCUT2D eigenvalue weighted by atomic mass is 9.97. The molecule has 1 amide bonds. The van der Waals surface area contributed by atoms with Crippen molar-refractivity contribution in [2.75, 3.05) is 14.2 Å². The van der Waals surface area contributed by atoms with Crippen LogP contribution in [0.2, 0.25) is 0 Å². The number of nitrogens with zero attached hydrogens (tertiary/aromatic N) is 1. The van der Waals surface area contributed by atoms with Crippen LogP contribution in [-0.4, -0.2) is 39.1 Å². The van der Waals surface area contributed by atoms with Gasteiger partial charge in [-0.3, -0.25) is 9.35 Å². The standard InChI is InChI=1S/C30H28BrFN2O6S/c1-16(19-8-11-25(31)23(12-19)30(36)39-3)34(41(37)38)15-20-13-26-24(14-22(20)17-4-5-17)27(29(35)33-2)28(40-26)18-6-9-21(32)10-7-18/h6-14,16-17H,4-5,15H2,1-3H3,(H,33,35)(H,37,38). The van der Waals surface area contributed by atoms with Crippen LogP contribution in [0.1, 0.15) is 69.1 Å². The molecule has 0 saturated heterocycles. The lowest BCUT2D eigenvalue weighted by Crippen LogP contribution is -2.29. The zero-order chi connectivity index (χ0) is 29.4. The Morgan fingerprint density at radius 3 is 2.51 bits per heavy atom. The van der Waals surface area contributed by atoms with Gasteiger partial charge in [-0.15, -0.1) is 0 Å². The number of hydrogen-bond donors (Lipinski definition) is 2. The van der Waals surface area contributed by atoms with E-state index >= 15 is 0 Å². The summed E-state index contributed by atoms with van der Waals surface area (Å²) < 4.78 is 49.7. The van der Waals surface area contributed by atoms with Gasteiger partial charge in [0.05, 0.1) is 18.2 Å². The molecule has 2 unspecified atom stereocenters. The average molecular weight is 644 g/mol. The van der Waals surface area contributed by atoms with Gasteiger partial charge in [-0.1, -0.05) is 6.07 Å². The van der Waals surface area contributed by atoms with Gasteiger partial charge in [0, 0.05) is 35.1 Å². The molecule has 1 aliphatic rings. The van der Waals surface area contributed by atoms with Crippen molar-refractivity contribution in [3.8, 4) is 11.3 Å². The molecule has 1 heterocycles. The van der Waals surface area contributed by atoms with Crippen molar-refractivity contribution in [1.82, 2.24) is 9.62 Å². The van der Waals surface area contributed by atoms with Crippen LogP contribution >= 0.6 is 15.9 Å². The lowest BCUT2D eigenvalue weighted by Gasteiger charge is -2.27. The van der Waals surface area contributed by atoms with E-state index in [-0.39, 0.29) is 18.4 Å². The third-order valence-electron chi connectivity index (χ3n) is 7.36. The number of benzene rings is 3. The number of amides is 1. The maximum atomic E-state index is 13.6. The first-order valence-electron chi connectivity index (χ1n) is 13.0. The first kappa shape index (κ1) is 29.1. The molecular formula is C30H28BrFN2O6S. The summed E-state index contributed by atoms with van der Waals surface area (Å²) in [5, 5.41) is 3.29. The Kier molecular flexibility index (Phi) is 8.42. The highest BCUT2D eigenvalue weighted by molar-refractivity contribution is 9.10. The highest BCUT2D eigenvalue weighted by Gasteiger charge is 2.32. The van der Waals surface area contributed by atoms with E-state index in [0.717, 1.165) is 24.0 Å². The van der Waals surface area contributed by atoms with E-state index in [1.165, 1.54) is 30.6 Å². The summed E-state index contributed by atoms with van der Waals surface area (Å²) >= 11 is 1.000. The van der Waals surface area contributed by atoms with E-state index in [0.29, 0.717) is 43.5 Å². The van der Waals surface area contributed by atoms with E-state index in [1.807, 2.05) is 12.1 Å². The molecule has 0 bridgehead atoms. The van der Waals surface area contributed by atoms with E-state index in [9.17, 15) is 22.7 Å². The molecule has 0 radical (unpaired) electrons. The van der Waals surface area contributed by atoms with Crippen molar-refractivity contribution in [2.45, 2.75) is 38.3 Å². The number of rotatable bonds is 9. The number of methoxy groups -OCH3 is 1. The number of fused-ring (bicyclic) bond motifs is 1. The number of ether oxygens (including phenoxy) is 1. The Bertz CT molecular complexity index is 1670. The second-order valence-corrected chi connectivity index (χ2v) is 11.7. The van der Waals surface area contributed by atoms with Gasteiger partial charge in [-0.25, -0.2) is 13.4 Å². The van der Waals surface area contributed by atoms with Crippen LogP contribution < -0.4 is 5.32 Å². The largest absolute Gasteiger partial charge is 0.465 e. The first-order chi connectivity index (χ1) is 19.6. The first-order valence-corrected chi connectivity index (χ1v) is 14.8. The molecule has 2 atom stereocenters. The molecule has 0 spiro atoms. The minimum Gasteiger partial charge on any atom is -0.465 e. The van der Waals surface area contributed by atoms with E-state index in [2.05, 4.69) is 21.2 Å². The predicted octanol–water partition coefficient (Wildman–Crippen LogP) is 6.72. The molecule has 11 heteroatoms. The molecule has 41 heavy (non-hydrogen) atoms. The fourth-order valence-electron chi connectivity index (χ4n) is 5.00. The van der Waals surface area contributed by atoms with Crippen molar-refractivity contribution in [2.24, 2.45) is 0 Å². The van der Waals surface area contributed by atoms with E-state index in [4.69, 9.17) is 9.15 Å². The van der Waals surface area contributed by atoms with Crippen LogP contribution in [0.15, 0.2) is 63.5 Å². The Balaban J connectivity index is 1.59. The highest BCUT2D eigenvalue weighted by atomic mass is 79.9. The molecule has 4 aromatic rings. The van der Waals surface area contributed by atoms with Gasteiger partial charge in [0.2, 0.25) is 11.3 Å². The smallest absolute Gasteiger partial charge is 0.339 e. The number of esters is 1. The van der Waals surface area contributed by atoms with Gasteiger partial charge in [0.1, 0.15) is 17.2 Å². The summed E-state index contributed by atoms with van der Waals surface area (Å²) in [4.78, 5) is 25.2. The zero-order valence-corrected chi connectivity index (χ0v) is 25.0. The molecule has 3 aromatic carbocycles. The molecule has 1 aromatic heterocycles. The number of furan rings is 1. The molecule has 5 rings (SSSR count). The molecular weight excluding hydrogens is 615 g/mol. The molecule has 8 nitrogen and oxygen atoms in total. The number of hydrogen-bond acceptors (Lipinski definition) is 5. The van der Waals surface area contributed by atoms with Gasteiger partial charge in [-0.2, -0.15) is 4.31 Å². The van der Waals surface area contributed by atoms with Crippen molar-refractivity contribution in [3.05, 3.63) is 92.7 Å². The molecule has 1 fully saturated rings. The second-order valence-electron chi connectivity index (χ2n) is 9.93. The molecule has 0 aliphatic heterocycles. The van der Waals surface area contributed by atoms with E-state index < -0.39 is 29.1 Å². The van der Waals surface area contributed by atoms with Crippen LogP contribution in [-0.2, 0) is 22.5 Å². The fourth-order valence-corrected chi connectivity index (χ4v) is 6.05. The van der Waals surface area contributed by atoms with Gasteiger partial charge in [0.15, 0.2) is 0 Å². The van der Waals surface area contributed by atoms with Gasteiger partial charge < -0.3 is 14.5 Å². The van der Waals surface area contributed by atoms with Crippen molar-refractivity contribution >= 4 is 50.0 Å². The maximum Gasteiger partial charge on any atom is 0.339 e. The van der Waals surface area contributed by atoms with E-state index in [1.54, 1.807) is 37.3 Å². The molecule has 1 saturated carbocycles. The number of halogens is 2. The highest BCUT2D eigenvalue weighted by Crippen LogP contribution is 2.45. The number of carbonyl (C=O) groups excluding carboxylic acids is 2. The lowest BCUT2D eigenvalue weighted by molar-refractivity contribution is 0.0599. The Morgan fingerprint density at radius 2 is 1.90 bits per heavy atom. The Morgan fingerprint density at radius 1 is 1.20 bits per heavy atom. The Hall–Kier alpha value is -3.38. The minimum atomic E-state index is -2.36. The summed E-state index contributed by atoms with van der Waals surface area (Å²) in [7, 11) is 2.83. The monoisotopic (exact) mass is 642 g/mol. The molecule has 214 valence electrons. The molecule has 1 aliphatic carbocycles. The van der Waals surface area contributed by atoms with Gasteiger partial charge in [-0.05, 0) is 107 Å². The normalized spacial score (nSPS) is 14.7. The quantitative estimate of drug-likeness (QED) is 0.155. The zero-order valence-electron chi connectivity index (χ0n) is 22.6. The van der Waals surface area contributed by atoms with Crippen molar-refractivity contribution < 1.29 is 31.9 Å². The minimum absolute atomic E-state index is 0.109. The Labute approximate surface area is 247 Å². The van der Waals surface area contributed by atoms with Gasteiger partial charge in [0.25, 0.3) is 5.91 Å². The van der Waals surface area contributed by atoms with Crippen LogP contribution in [0.5, 0.6) is 0 Å². The van der Waals surface area contributed by atoms with Gasteiger partial charge >= 0.3 is 5.97 Å². The summed E-state index contributed by atoms with van der Waals surface area (Å²) in [5.41, 5.74) is 4.08.